The molecule has 6 heteroatoms. The van der Waals surface area contributed by atoms with E-state index in [1.165, 1.54) is 0 Å². The Bertz CT molecular complexity index is 1240. The van der Waals surface area contributed by atoms with Gasteiger partial charge in [-0.3, -0.25) is 0 Å². The molecule has 0 aliphatic rings. The molecule has 3 aromatic rings. The smallest absolute Gasteiger partial charge is 0.335 e. The summed E-state index contributed by atoms with van der Waals surface area (Å²) in [5.41, 5.74) is 5.57. The van der Waals surface area contributed by atoms with Crippen molar-refractivity contribution < 1.29 is 24.9 Å². The summed E-state index contributed by atoms with van der Waals surface area (Å²) in [5, 5.41) is 33.2. The number of nitrogens with one attached hydrogen (secondary N) is 1. The van der Waals surface area contributed by atoms with E-state index in [9.17, 15) is 24.9 Å². The van der Waals surface area contributed by atoms with Crippen LogP contribution in [-0.2, 0) is 0 Å². The van der Waals surface area contributed by atoms with Gasteiger partial charge in [-0.1, -0.05) is 24.3 Å². The van der Waals surface area contributed by atoms with Crippen LogP contribution in [0.2, 0.25) is 0 Å². The highest BCUT2D eigenvalue weighted by Gasteiger charge is 2.19. The molecule has 4 N–H and O–H groups in total. The van der Waals surface area contributed by atoms with Gasteiger partial charge in [0.2, 0.25) is 0 Å². The highest BCUT2D eigenvalue weighted by Crippen LogP contribution is 2.38. The fourth-order valence-corrected chi connectivity index (χ4v) is 3.84. The maximum Gasteiger partial charge on any atom is 0.335 e. The van der Waals surface area contributed by atoms with Gasteiger partial charge in [-0.25, -0.2) is 9.59 Å². The normalized spacial score (nSPS) is 12.4. The molecule has 0 radical (unpaired) electrons. The third-order valence-corrected chi connectivity index (χ3v) is 5.80. The number of aliphatic hydroxyl groups is 1. The van der Waals surface area contributed by atoms with E-state index in [-0.39, 0.29) is 16.7 Å². The van der Waals surface area contributed by atoms with Gasteiger partial charge in [-0.05, 0) is 104 Å². The van der Waals surface area contributed by atoms with Crippen LogP contribution >= 0.6 is 0 Å². The number of rotatable bonds is 7. The first-order valence-corrected chi connectivity index (χ1v) is 11.1. The van der Waals surface area contributed by atoms with E-state index in [4.69, 9.17) is 0 Å². The summed E-state index contributed by atoms with van der Waals surface area (Å²) in [6.45, 7) is 10.2. The van der Waals surface area contributed by atoms with E-state index in [1.54, 1.807) is 36.4 Å². The standard InChI is InChI=1S/C28H31NO5/c1-16-6-8-19(26(31)32)13-22(16)21-11-10-18(25(30)15-29-28(3,4)5)12-24(21)23-14-20(27(33)34)9-7-17(23)2/h6-14,25,29-30H,15H2,1-5H3,(H,31,32)(H,33,34). The molecule has 3 rings (SSSR count). The molecule has 1 atom stereocenters. The lowest BCUT2D eigenvalue weighted by atomic mass is 9.87. The van der Waals surface area contributed by atoms with Gasteiger partial charge in [0, 0.05) is 12.1 Å². The van der Waals surface area contributed by atoms with Crippen LogP contribution in [0.15, 0.2) is 54.6 Å². The zero-order valence-electron chi connectivity index (χ0n) is 20.1. The van der Waals surface area contributed by atoms with Gasteiger partial charge < -0.3 is 20.6 Å². The lowest BCUT2D eigenvalue weighted by Crippen LogP contribution is -2.38. The zero-order valence-corrected chi connectivity index (χ0v) is 20.1. The second-order valence-electron chi connectivity index (χ2n) is 9.62. The molecule has 0 aliphatic heterocycles. The molecule has 0 bridgehead atoms. The highest BCUT2D eigenvalue weighted by molar-refractivity contribution is 5.94. The minimum atomic E-state index is -1.03. The topological polar surface area (TPSA) is 107 Å². The van der Waals surface area contributed by atoms with Gasteiger partial charge in [-0.15, -0.1) is 0 Å². The van der Waals surface area contributed by atoms with E-state index in [0.717, 1.165) is 27.8 Å². The van der Waals surface area contributed by atoms with Crippen LogP contribution in [0, 0.1) is 13.8 Å². The van der Waals surface area contributed by atoms with Crippen molar-refractivity contribution in [2.45, 2.75) is 46.3 Å². The third-order valence-electron chi connectivity index (χ3n) is 5.80. The predicted molar refractivity (Wildman–Crippen MR) is 133 cm³/mol. The highest BCUT2D eigenvalue weighted by atomic mass is 16.4. The van der Waals surface area contributed by atoms with Gasteiger partial charge in [0.05, 0.1) is 17.2 Å². The molecule has 6 nitrogen and oxygen atoms in total. The number of carboxylic acid groups (broad SMARTS) is 2. The van der Waals surface area contributed by atoms with Crippen LogP contribution in [0.1, 0.15) is 64.3 Å². The van der Waals surface area contributed by atoms with Crippen molar-refractivity contribution in [3.05, 3.63) is 82.4 Å². The van der Waals surface area contributed by atoms with E-state index in [0.29, 0.717) is 17.7 Å². The molecule has 0 amide bonds. The maximum absolute atomic E-state index is 11.7. The first kappa shape index (κ1) is 25.1. The number of carbonyl (C=O) groups is 2. The van der Waals surface area contributed by atoms with Gasteiger partial charge in [0.1, 0.15) is 0 Å². The van der Waals surface area contributed by atoms with Gasteiger partial charge >= 0.3 is 11.9 Å². The Kier molecular flexibility index (Phi) is 7.24. The minimum absolute atomic E-state index is 0.155. The van der Waals surface area contributed by atoms with Crippen LogP contribution in [0.5, 0.6) is 0 Å². The molecule has 34 heavy (non-hydrogen) atoms. The molecule has 0 aliphatic carbocycles. The minimum Gasteiger partial charge on any atom is -0.478 e. The summed E-state index contributed by atoms with van der Waals surface area (Å²) in [6.07, 6.45) is -0.776. The van der Waals surface area contributed by atoms with E-state index in [2.05, 4.69) is 5.32 Å². The number of β-amino-alcohol motifs (C(OH)–C–C–N with tert-alkyl or cyclic N) is 1. The average molecular weight is 462 g/mol. The molecule has 1 unspecified atom stereocenters. The molecule has 0 saturated carbocycles. The van der Waals surface area contributed by atoms with Crippen molar-refractivity contribution in [1.82, 2.24) is 5.32 Å². The number of carboxylic acids is 2. The summed E-state index contributed by atoms with van der Waals surface area (Å²) in [5.74, 6) is -2.05. The monoisotopic (exact) mass is 461 g/mol. The number of hydrogen-bond acceptors (Lipinski definition) is 4. The molecular formula is C28H31NO5. The Morgan fingerprint density at radius 3 is 1.74 bits per heavy atom. The lowest BCUT2D eigenvalue weighted by Gasteiger charge is -2.24. The Labute approximate surface area is 199 Å². The first-order chi connectivity index (χ1) is 15.9. The fourth-order valence-electron chi connectivity index (χ4n) is 3.84. The van der Waals surface area contributed by atoms with Crippen molar-refractivity contribution in [2.75, 3.05) is 6.54 Å². The molecule has 0 heterocycles. The van der Waals surface area contributed by atoms with E-state index >= 15 is 0 Å². The summed E-state index contributed by atoms with van der Waals surface area (Å²) in [7, 11) is 0. The number of hydrogen-bond donors (Lipinski definition) is 4. The van der Waals surface area contributed by atoms with Crippen LogP contribution in [0.4, 0.5) is 0 Å². The summed E-state index contributed by atoms with van der Waals surface area (Å²) < 4.78 is 0. The summed E-state index contributed by atoms with van der Waals surface area (Å²) >= 11 is 0. The van der Waals surface area contributed by atoms with Crippen molar-refractivity contribution in [3.8, 4) is 22.3 Å². The lowest BCUT2D eigenvalue weighted by molar-refractivity contribution is 0.0686. The Morgan fingerprint density at radius 2 is 1.26 bits per heavy atom. The fraction of sp³-hybridized carbons (Fsp3) is 0.286. The molecule has 0 spiro atoms. The van der Waals surface area contributed by atoms with Gasteiger partial charge in [0.15, 0.2) is 0 Å². The maximum atomic E-state index is 11.7. The van der Waals surface area contributed by atoms with Crippen molar-refractivity contribution in [2.24, 2.45) is 0 Å². The molecule has 0 fully saturated rings. The second kappa shape index (κ2) is 9.79. The molecule has 0 saturated heterocycles. The van der Waals surface area contributed by atoms with E-state index in [1.807, 2.05) is 52.8 Å². The number of aromatic carboxylic acids is 2. The Hall–Kier alpha value is -3.48. The largest absolute Gasteiger partial charge is 0.478 e. The molecular weight excluding hydrogens is 430 g/mol. The molecule has 178 valence electrons. The molecule has 3 aromatic carbocycles. The summed E-state index contributed by atoms with van der Waals surface area (Å²) in [4.78, 5) is 23.3. The van der Waals surface area contributed by atoms with Crippen molar-refractivity contribution in [1.29, 1.82) is 0 Å². The van der Waals surface area contributed by atoms with Gasteiger partial charge in [0.25, 0.3) is 0 Å². The zero-order chi connectivity index (χ0) is 25.2. The Balaban J connectivity index is 2.23. The quantitative estimate of drug-likeness (QED) is 0.372. The van der Waals surface area contributed by atoms with Crippen molar-refractivity contribution >= 4 is 11.9 Å². The second-order valence-corrected chi connectivity index (χ2v) is 9.62. The average Bonchev–Trinajstić information content (AvgIpc) is 2.77. The molecule has 0 aromatic heterocycles. The van der Waals surface area contributed by atoms with Crippen LogP contribution in [0.25, 0.3) is 22.3 Å². The number of aryl methyl sites for hydroxylation is 2. The first-order valence-electron chi connectivity index (χ1n) is 11.1. The summed E-state index contributed by atoms with van der Waals surface area (Å²) in [6, 6.07) is 15.5. The van der Waals surface area contributed by atoms with Crippen LogP contribution in [-0.4, -0.2) is 39.3 Å². The van der Waals surface area contributed by atoms with Crippen molar-refractivity contribution in [3.63, 3.8) is 0 Å². The van der Waals surface area contributed by atoms with Crippen LogP contribution in [0.3, 0.4) is 0 Å². The van der Waals surface area contributed by atoms with Gasteiger partial charge in [-0.2, -0.15) is 0 Å². The Morgan fingerprint density at radius 1 is 0.765 bits per heavy atom. The number of aliphatic hydroxyl groups excluding tert-OH is 1. The number of benzene rings is 3. The third kappa shape index (κ3) is 5.71. The SMILES string of the molecule is Cc1ccc(C(=O)O)cc1-c1ccc(C(O)CNC(C)(C)C)cc1-c1cc(C(=O)O)ccc1C. The van der Waals surface area contributed by atoms with E-state index < -0.39 is 18.0 Å². The predicted octanol–water partition coefficient (Wildman–Crippen LogP) is 5.46. The van der Waals surface area contributed by atoms with Crippen LogP contribution < -0.4 is 5.32 Å².